The van der Waals surface area contributed by atoms with E-state index in [0.29, 0.717) is 5.95 Å². The van der Waals surface area contributed by atoms with Gasteiger partial charge >= 0.3 is 0 Å². The summed E-state index contributed by atoms with van der Waals surface area (Å²) in [7, 11) is 0. The van der Waals surface area contributed by atoms with E-state index < -0.39 is 0 Å². The van der Waals surface area contributed by atoms with Crippen molar-refractivity contribution in [3.8, 4) is 0 Å². The van der Waals surface area contributed by atoms with Crippen LogP contribution in [0.15, 0.2) is 6.20 Å². The van der Waals surface area contributed by atoms with Crippen LogP contribution in [0.25, 0.3) is 11.0 Å². The summed E-state index contributed by atoms with van der Waals surface area (Å²) < 4.78 is 0. The maximum absolute atomic E-state index is 5.28. The molecule has 4 N–H and O–H groups in total. The van der Waals surface area contributed by atoms with Crippen molar-refractivity contribution in [2.24, 2.45) is 5.84 Å². The van der Waals surface area contributed by atoms with E-state index in [4.69, 9.17) is 5.84 Å². The van der Waals surface area contributed by atoms with Gasteiger partial charge < -0.3 is 4.98 Å². The van der Waals surface area contributed by atoms with Gasteiger partial charge in [0.1, 0.15) is 0 Å². The molecule has 0 bridgehead atoms. The first-order chi connectivity index (χ1) is 6.76. The third-order valence-corrected chi connectivity index (χ3v) is 2.33. The number of anilines is 1. The maximum Gasteiger partial charge on any atom is 0.215 e. The highest BCUT2D eigenvalue weighted by Gasteiger charge is 2.08. The van der Waals surface area contributed by atoms with E-state index in [1.807, 2.05) is 6.92 Å². The Morgan fingerprint density at radius 3 is 3.00 bits per heavy atom. The van der Waals surface area contributed by atoms with E-state index in [1.54, 1.807) is 6.20 Å². The Balaban J connectivity index is 2.73. The van der Waals surface area contributed by atoms with E-state index in [2.05, 4.69) is 27.3 Å². The molecule has 0 spiro atoms. The normalized spacial score (nSPS) is 10.8. The minimum atomic E-state index is 0.571. The van der Waals surface area contributed by atoms with Gasteiger partial charge in [0.05, 0.1) is 17.2 Å². The number of hydrogen-bond acceptors (Lipinski definition) is 4. The van der Waals surface area contributed by atoms with Crippen molar-refractivity contribution in [2.75, 3.05) is 5.43 Å². The van der Waals surface area contributed by atoms with Gasteiger partial charge in [0.15, 0.2) is 0 Å². The Morgan fingerprint density at radius 2 is 2.36 bits per heavy atom. The fourth-order valence-corrected chi connectivity index (χ4v) is 1.61. The summed E-state index contributed by atoms with van der Waals surface area (Å²) in [4.78, 5) is 11.7. The van der Waals surface area contributed by atoms with Gasteiger partial charge in [0, 0.05) is 11.3 Å². The Kier molecular flexibility index (Phi) is 2.09. The molecule has 2 heterocycles. The highest BCUT2D eigenvalue weighted by atomic mass is 15.3. The molecular weight excluding hydrogens is 178 g/mol. The Hall–Kier alpha value is -1.62. The number of hydrogen-bond donors (Lipinski definition) is 3. The topological polar surface area (TPSA) is 79.6 Å². The number of imidazole rings is 1. The van der Waals surface area contributed by atoms with Gasteiger partial charge in [-0.25, -0.2) is 10.8 Å². The molecule has 0 saturated heterocycles. The monoisotopic (exact) mass is 191 g/mol. The quantitative estimate of drug-likeness (QED) is 0.491. The summed E-state index contributed by atoms with van der Waals surface area (Å²) in [6.07, 6.45) is 2.70. The second-order valence-electron chi connectivity index (χ2n) is 3.17. The molecule has 0 aliphatic carbocycles. The standard InChI is InChI=1S/C9H13N5/c1-3-6-5(2)11-4-7-8(6)13-9(12-7)14-10/h4H,3,10H2,1-2H3,(H2,12,13,14). The van der Waals surface area contributed by atoms with E-state index in [0.717, 1.165) is 23.1 Å². The molecule has 0 amide bonds. The van der Waals surface area contributed by atoms with Crippen LogP contribution in [0.5, 0.6) is 0 Å². The van der Waals surface area contributed by atoms with Crippen molar-refractivity contribution in [1.82, 2.24) is 15.0 Å². The van der Waals surface area contributed by atoms with Crippen LogP contribution in [-0.4, -0.2) is 15.0 Å². The molecule has 0 fully saturated rings. The third kappa shape index (κ3) is 1.22. The second kappa shape index (κ2) is 3.26. The highest BCUT2D eigenvalue weighted by molar-refractivity contribution is 5.80. The van der Waals surface area contributed by atoms with Crippen LogP contribution in [0.4, 0.5) is 5.95 Å². The van der Waals surface area contributed by atoms with Crippen molar-refractivity contribution in [1.29, 1.82) is 0 Å². The third-order valence-electron chi connectivity index (χ3n) is 2.33. The molecular formula is C9H13N5. The largest absolute Gasteiger partial charge is 0.322 e. The van der Waals surface area contributed by atoms with E-state index >= 15 is 0 Å². The first kappa shape index (κ1) is 8.96. The SMILES string of the molecule is CCc1c(C)ncc2[nH]c(NN)nc12. The number of nitrogens with two attached hydrogens (primary N) is 1. The number of rotatable bonds is 2. The number of nitrogens with zero attached hydrogens (tertiary/aromatic N) is 2. The fraction of sp³-hybridized carbons (Fsp3) is 0.333. The molecule has 5 heteroatoms. The summed E-state index contributed by atoms with van der Waals surface area (Å²) >= 11 is 0. The zero-order chi connectivity index (χ0) is 10.1. The summed E-state index contributed by atoms with van der Waals surface area (Å²) in [6, 6.07) is 0. The number of fused-ring (bicyclic) bond motifs is 1. The lowest BCUT2D eigenvalue weighted by Crippen LogP contribution is -2.07. The molecule has 0 aliphatic rings. The second-order valence-corrected chi connectivity index (χ2v) is 3.17. The van der Waals surface area contributed by atoms with E-state index in [9.17, 15) is 0 Å². The number of aromatic amines is 1. The molecule has 0 saturated carbocycles. The van der Waals surface area contributed by atoms with Crippen molar-refractivity contribution < 1.29 is 0 Å². The number of hydrazine groups is 1. The molecule has 74 valence electrons. The van der Waals surface area contributed by atoms with Crippen LogP contribution in [0.3, 0.4) is 0 Å². The molecule has 0 unspecified atom stereocenters. The summed E-state index contributed by atoms with van der Waals surface area (Å²) in [5, 5.41) is 0. The minimum absolute atomic E-state index is 0.571. The smallest absolute Gasteiger partial charge is 0.215 e. The Bertz CT molecular complexity index is 459. The Morgan fingerprint density at radius 1 is 1.57 bits per heavy atom. The summed E-state index contributed by atoms with van der Waals surface area (Å²) in [6.45, 7) is 4.08. The van der Waals surface area contributed by atoms with Crippen LogP contribution in [0, 0.1) is 6.92 Å². The van der Waals surface area contributed by atoms with Gasteiger partial charge in [-0.3, -0.25) is 10.4 Å². The molecule has 5 nitrogen and oxygen atoms in total. The molecule has 2 rings (SSSR count). The van der Waals surface area contributed by atoms with E-state index in [-0.39, 0.29) is 0 Å². The zero-order valence-electron chi connectivity index (χ0n) is 8.26. The van der Waals surface area contributed by atoms with Crippen molar-refractivity contribution in [2.45, 2.75) is 20.3 Å². The van der Waals surface area contributed by atoms with Crippen LogP contribution in [-0.2, 0) is 6.42 Å². The van der Waals surface area contributed by atoms with Gasteiger partial charge in [-0.1, -0.05) is 6.92 Å². The number of nitrogen functional groups attached to an aromatic ring is 1. The average Bonchev–Trinajstić information content (AvgIpc) is 2.60. The average molecular weight is 191 g/mol. The summed E-state index contributed by atoms with van der Waals surface area (Å²) in [5.74, 6) is 5.85. The molecule has 0 atom stereocenters. The van der Waals surface area contributed by atoms with Gasteiger partial charge in [0.2, 0.25) is 5.95 Å². The van der Waals surface area contributed by atoms with Gasteiger partial charge in [-0.05, 0) is 13.3 Å². The number of H-pyrrole nitrogens is 1. The van der Waals surface area contributed by atoms with E-state index in [1.165, 1.54) is 5.56 Å². The van der Waals surface area contributed by atoms with Gasteiger partial charge in [-0.15, -0.1) is 0 Å². The van der Waals surface area contributed by atoms with Crippen molar-refractivity contribution >= 4 is 17.0 Å². The van der Waals surface area contributed by atoms with Crippen molar-refractivity contribution in [3.63, 3.8) is 0 Å². The number of aryl methyl sites for hydroxylation is 2. The van der Waals surface area contributed by atoms with Gasteiger partial charge in [-0.2, -0.15) is 0 Å². The van der Waals surface area contributed by atoms with Crippen LogP contribution < -0.4 is 11.3 Å². The molecule has 0 aromatic carbocycles. The van der Waals surface area contributed by atoms with Gasteiger partial charge in [0.25, 0.3) is 0 Å². The summed E-state index contributed by atoms with van der Waals surface area (Å²) in [5.41, 5.74) is 6.55. The number of pyridine rings is 1. The molecule has 0 radical (unpaired) electrons. The maximum atomic E-state index is 5.28. The lowest BCUT2D eigenvalue weighted by molar-refractivity contribution is 1.06. The predicted octanol–water partition coefficient (Wildman–Crippen LogP) is 1.11. The molecule has 0 aliphatic heterocycles. The predicted molar refractivity (Wildman–Crippen MR) is 55.8 cm³/mol. The number of nitrogens with one attached hydrogen (secondary N) is 2. The lowest BCUT2D eigenvalue weighted by Gasteiger charge is -2.00. The highest BCUT2D eigenvalue weighted by Crippen LogP contribution is 2.19. The first-order valence-electron chi connectivity index (χ1n) is 4.57. The first-order valence-corrected chi connectivity index (χ1v) is 4.57. The number of aromatic nitrogens is 3. The zero-order valence-corrected chi connectivity index (χ0v) is 8.26. The lowest BCUT2D eigenvalue weighted by atomic mass is 10.1. The molecule has 2 aromatic rings. The molecule has 2 aromatic heterocycles. The van der Waals surface area contributed by atoms with Crippen LogP contribution >= 0.6 is 0 Å². The minimum Gasteiger partial charge on any atom is -0.322 e. The van der Waals surface area contributed by atoms with Crippen LogP contribution in [0.2, 0.25) is 0 Å². The Labute approximate surface area is 81.7 Å². The van der Waals surface area contributed by atoms with Crippen LogP contribution in [0.1, 0.15) is 18.2 Å². The molecule has 14 heavy (non-hydrogen) atoms. The fourth-order valence-electron chi connectivity index (χ4n) is 1.61. The van der Waals surface area contributed by atoms with Crippen molar-refractivity contribution in [3.05, 3.63) is 17.5 Å².